The smallest absolute Gasteiger partial charge is 0.357 e. The number of hydrogen-bond acceptors (Lipinski definition) is 9. The van der Waals surface area contributed by atoms with Gasteiger partial charge in [-0.15, -0.1) is 0 Å². The van der Waals surface area contributed by atoms with E-state index in [1.165, 1.54) is 0 Å². The number of aromatic nitrogens is 1. The van der Waals surface area contributed by atoms with Crippen molar-refractivity contribution in [1.29, 1.82) is 0 Å². The number of ether oxygens (including phenoxy) is 2. The number of carbonyl (C=O) groups is 4. The minimum atomic E-state index is -1.58. The predicted octanol–water partition coefficient (Wildman–Crippen LogP) is 2.04. The highest BCUT2D eigenvalue weighted by molar-refractivity contribution is 7.86. The van der Waals surface area contributed by atoms with Crippen LogP contribution in [0.3, 0.4) is 0 Å². The minimum Gasteiger partial charge on any atom is -0.427 e. The lowest BCUT2D eigenvalue weighted by Gasteiger charge is -2.49. The Bertz CT molecular complexity index is 1330. The molecule has 1 saturated heterocycles. The molecule has 1 fully saturated rings. The Morgan fingerprint density at radius 2 is 1.84 bits per heavy atom. The molecule has 0 aliphatic carbocycles. The molecule has 0 radical (unpaired) electrons. The number of esters is 2. The molecular weight excluding hydrogens is 502 g/mol. The Balaban J connectivity index is 1.49. The van der Waals surface area contributed by atoms with Crippen molar-refractivity contribution < 1.29 is 37.4 Å². The molecule has 1 aromatic heterocycles. The summed E-state index contributed by atoms with van der Waals surface area (Å²) in [6.07, 6.45) is 0. The van der Waals surface area contributed by atoms with Gasteiger partial charge >= 0.3 is 11.9 Å². The van der Waals surface area contributed by atoms with E-state index in [1.54, 1.807) is 58.9 Å². The van der Waals surface area contributed by atoms with Crippen molar-refractivity contribution in [2.45, 2.75) is 46.0 Å². The van der Waals surface area contributed by atoms with Gasteiger partial charge in [0.15, 0.2) is 0 Å². The molecule has 2 aliphatic heterocycles. The maximum Gasteiger partial charge on any atom is 0.357 e. The average molecular weight is 530 g/mol. The van der Waals surface area contributed by atoms with E-state index in [1.807, 2.05) is 6.07 Å². The van der Waals surface area contributed by atoms with Crippen LogP contribution in [-0.4, -0.2) is 62.0 Å². The SMILES string of the molecule is CC1=C(C(=O)OCOC(=O)C(C)(C)C)N2C(=O)C(NC(=O)c3c(-c4ccccc4)noc3C)[C@H]2S(=O)C1. The molecule has 2 amide bonds. The lowest BCUT2D eigenvalue weighted by Crippen LogP contribution is -2.73. The van der Waals surface area contributed by atoms with Gasteiger partial charge in [0.1, 0.15) is 34.1 Å². The summed E-state index contributed by atoms with van der Waals surface area (Å²) in [6, 6.07) is 7.82. The number of fused-ring (bicyclic) bond motifs is 1. The molecule has 12 heteroatoms. The predicted molar refractivity (Wildman–Crippen MR) is 131 cm³/mol. The van der Waals surface area contributed by atoms with Gasteiger partial charge in [-0.05, 0) is 40.2 Å². The van der Waals surface area contributed by atoms with Crippen LogP contribution in [0.5, 0.6) is 0 Å². The first-order valence-corrected chi connectivity index (χ1v) is 12.9. The van der Waals surface area contributed by atoms with Gasteiger partial charge in [-0.25, -0.2) is 4.79 Å². The Hall–Kier alpha value is -3.80. The molecule has 2 unspecified atom stereocenters. The molecule has 11 nitrogen and oxygen atoms in total. The summed E-state index contributed by atoms with van der Waals surface area (Å²) in [4.78, 5) is 52.0. The molecule has 1 N–H and O–H groups in total. The van der Waals surface area contributed by atoms with Gasteiger partial charge in [-0.3, -0.25) is 23.5 Å². The maximum atomic E-state index is 13.2. The monoisotopic (exact) mass is 529 g/mol. The number of carbonyl (C=O) groups excluding carboxylic acids is 4. The number of aryl methyl sites for hydroxylation is 1. The lowest BCUT2D eigenvalue weighted by atomic mass is 9.98. The first kappa shape index (κ1) is 26.3. The first-order valence-electron chi connectivity index (χ1n) is 11.5. The van der Waals surface area contributed by atoms with Crippen LogP contribution in [0.25, 0.3) is 11.3 Å². The van der Waals surface area contributed by atoms with Crippen LogP contribution in [0.15, 0.2) is 46.1 Å². The zero-order valence-corrected chi connectivity index (χ0v) is 21.8. The lowest BCUT2D eigenvalue weighted by molar-refractivity contribution is -0.173. The zero-order chi connectivity index (χ0) is 27.1. The van der Waals surface area contributed by atoms with E-state index >= 15 is 0 Å². The quantitative estimate of drug-likeness (QED) is 0.337. The van der Waals surface area contributed by atoms with Crippen molar-refractivity contribution >= 4 is 34.6 Å². The van der Waals surface area contributed by atoms with Gasteiger partial charge in [-0.2, -0.15) is 0 Å². The Morgan fingerprint density at radius 1 is 1.16 bits per heavy atom. The fraction of sp³-hybridized carbons (Fsp3) is 0.400. The summed E-state index contributed by atoms with van der Waals surface area (Å²) in [5.41, 5.74) is 0.665. The van der Waals surface area contributed by atoms with Crippen LogP contribution in [0.1, 0.15) is 43.8 Å². The van der Waals surface area contributed by atoms with E-state index in [0.29, 0.717) is 16.8 Å². The minimum absolute atomic E-state index is 0.00852. The highest BCUT2D eigenvalue weighted by Gasteiger charge is 2.57. The van der Waals surface area contributed by atoms with Crippen LogP contribution >= 0.6 is 0 Å². The number of β-lactam (4-membered cyclic amide) rings is 1. The van der Waals surface area contributed by atoms with Crippen molar-refractivity contribution in [2.24, 2.45) is 5.41 Å². The van der Waals surface area contributed by atoms with E-state index in [9.17, 15) is 23.4 Å². The summed E-state index contributed by atoms with van der Waals surface area (Å²) in [7, 11) is -1.58. The molecule has 0 bridgehead atoms. The number of nitrogens with zero attached hydrogens (tertiary/aromatic N) is 2. The van der Waals surface area contributed by atoms with E-state index < -0.39 is 58.2 Å². The molecular formula is C25H27N3O8S. The zero-order valence-electron chi connectivity index (χ0n) is 21.0. The summed E-state index contributed by atoms with van der Waals surface area (Å²) in [5.74, 6) is -2.41. The van der Waals surface area contributed by atoms with Crippen LogP contribution in [0.2, 0.25) is 0 Å². The fourth-order valence-electron chi connectivity index (χ4n) is 4.02. The summed E-state index contributed by atoms with van der Waals surface area (Å²) in [6.45, 7) is 7.48. The van der Waals surface area contributed by atoms with Crippen LogP contribution in [0.4, 0.5) is 0 Å². The Kier molecular flexibility index (Phi) is 7.05. The van der Waals surface area contributed by atoms with Crippen LogP contribution in [0, 0.1) is 12.3 Å². The van der Waals surface area contributed by atoms with Crippen LogP contribution < -0.4 is 5.32 Å². The summed E-state index contributed by atoms with van der Waals surface area (Å²) >= 11 is 0. The van der Waals surface area contributed by atoms with Gasteiger partial charge in [-0.1, -0.05) is 35.5 Å². The third-order valence-electron chi connectivity index (χ3n) is 5.93. The number of hydrogen-bond donors (Lipinski definition) is 1. The highest BCUT2D eigenvalue weighted by atomic mass is 32.2. The van der Waals surface area contributed by atoms with Gasteiger partial charge in [0, 0.05) is 11.3 Å². The van der Waals surface area contributed by atoms with Gasteiger partial charge < -0.3 is 19.3 Å². The Morgan fingerprint density at radius 3 is 2.49 bits per heavy atom. The van der Waals surface area contributed by atoms with Gasteiger partial charge in [0.25, 0.3) is 11.8 Å². The number of amides is 2. The van der Waals surface area contributed by atoms with E-state index in [-0.39, 0.29) is 22.8 Å². The molecule has 2 aliphatic rings. The molecule has 3 atom stereocenters. The molecule has 4 rings (SSSR count). The summed E-state index contributed by atoms with van der Waals surface area (Å²) in [5, 5.41) is 5.65. The van der Waals surface area contributed by atoms with Crippen molar-refractivity contribution in [3.63, 3.8) is 0 Å². The standard InChI is InChI=1S/C25H27N3O8S/c1-13-11-37(33)22-18(21(30)28(22)19(13)23(31)34-12-35-24(32)25(3,4)5)26-20(29)16-14(2)36-27-17(16)15-9-7-6-8-10-15/h6-10,18,22H,11-12H2,1-5H3,(H,26,29)/t18?,22-,37?/m1/s1. The largest absolute Gasteiger partial charge is 0.427 e. The molecule has 0 saturated carbocycles. The second kappa shape index (κ2) is 9.92. The molecule has 0 spiro atoms. The van der Waals surface area contributed by atoms with Gasteiger partial charge in [0.05, 0.1) is 16.2 Å². The second-order valence-electron chi connectivity index (χ2n) is 9.76. The third kappa shape index (κ3) is 4.93. The topological polar surface area (TPSA) is 145 Å². The molecule has 37 heavy (non-hydrogen) atoms. The fourth-order valence-corrected chi connectivity index (χ4v) is 5.68. The normalized spacial score (nSPS) is 21.2. The first-order chi connectivity index (χ1) is 17.4. The van der Waals surface area contributed by atoms with Crippen molar-refractivity contribution in [3.05, 3.63) is 52.9 Å². The average Bonchev–Trinajstić information content (AvgIpc) is 3.23. The number of rotatable bonds is 6. The van der Waals surface area contributed by atoms with E-state index in [2.05, 4.69) is 10.5 Å². The van der Waals surface area contributed by atoms with Crippen molar-refractivity contribution in [1.82, 2.24) is 15.4 Å². The molecule has 1 aromatic carbocycles. The summed E-state index contributed by atoms with van der Waals surface area (Å²) < 4.78 is 28.2. The van der Waals surface area contributed by atoms with Crippen LogP contribution in [-0.2, 0) is 34.7 Å². The number of nitrogens with one attached hydrogen (secondary N) is 1. The molecule has 196 valence electrons. The number of benzene rings is 1. The second-order valence-corrected chi connectivity index (χ2v) is 11.3. The van der Waals surface area contributed by atoms with Gasteiger partial charge in [0.2, 0.25) is 6.79 Å². The van der Waals surface area contributed by atoms with E-state index in [0.717, 1.165) is 4.90 Å². The molecule has 2 aromatic rings. The van der Waals surface area contributed by atoms with Crippen molar-refractivity contribution in [3.8, 4) is 11.3 Å². The Labute approximate surface area is 215 Å². The molecule has 3 heterocycles. The highest BCUT2D eigenvalue weighted by Crippen LogP contribution is 2.36. The maximum absolute atomic E-state index is 13.2. The van der Waals surface area contributed by atoms with E-state index in [4.69, 9.17) is 14.0 Å². The van der Waals surface area contributed by atoms with Crippen molar-refractivity contribution in [2.75, 3.05) is 12.5 Å². The third-order valence-corrected chi connectivity index (χ3v) is 7.66.